The van der Waals surface area contributed by atoms with Gasteiger partial charge >= 0.3 is 5.97 Å². The third kappa shape index (κ3) is 3.19. The Morgan fingerprint density at radius 1 is 1.29 bits per heavy atom. The van der Waals surface area contributed by atoms with Gasteiger partial charge in [0.05, 0.1) is 0 Å². The molecule has 1 saturated heterocycles. The smallest absolute Gasteiger partial charge is 0.332 e. The lowest BCUT2D eigenvalue weighted by molar-refractivity contribution is -0.151. The van der Waals surface area contributed by atoms with E-state index in [-0.39, 0.29) is 5.91 Å². The van der Waals surface area contributed by atoms with Gasteiger partial charge in [0.1, 0.15) is 6.10 Å². The van der Waals surface area contributed by atoms with Crippen LogP contribution in [0.15, 0.2) is 0 Å². The molecule has 1 aliphatic heterocycles. The van der Waals surface area contributed by atoms with Gasteiger partial charge in [-0.3, -0.25) is 4.79 Å². The van der Waals surface area contributed by atoms with Crippen molar-refractivity contribution in [1.29, 1.82) is 0 Å². The maximum absolute atomic E-state index is 11.7. The Morgan fingerprint density at radius 3 is 2.47 bits per heavy atom. The zero-order chi connectivity index (χ0) is 12.4. The molecule has 2 rings (SSSR count). The van der Waals surface area contributed by atoms with Crippen molar-refractivity contribution < 1.29 is 19.4 Å². The van der Waals surface area contributed by atoms with Crippen molar-refractivity contribution in [3.8, 4) is 0 Å². The summed E-state index contributed by atoms with van der Waals surface area (Å²) >= 11 is 0. The molecule has 96 valence electrons. The second kappa shape index (κ2) is 5.04. The molecule has 3 atom stereocenters. The second-order valence-electron chi connectivity index (χ2n) is 5.09. The molecule has 1 unspecified atom stereocenters. The summed E-state index contributed by atoms with van der Waals surface area (Å²) in [5.41, 5.74) is 0. The van der Waals surface area contributed by atoms with Gasteiger partial charge in [-0.05, 0) is 37.5 Å². The predicted molar refractivity (Wildman–Crippen MR) is 60.4 cm³/mol. The number of carboxylic acids is 1. The number of hydrogen-bond donors (Lipinski definition) is 2. The van der Waals surface area contributed by atoms with E-state index in [9.17, 15) is 9.59 Å². The zero-order valence-electron chi connectivity index (χ0n) is 10.0. The SMILES string of the molecule is CC(CNC(=O)[C@@H]1CC[C@H](C(=O)O)O1)C1CC1. The quantitative estimate of drug-likeness (QED) is 0.746. The zero-order valence-corrected chi connectivity index (χ0v) is 10.0. The van der Waals surface area contributed by atoms with Crippen LogP contribution in [-0.4, -0.2) is 35.7 Å². The maximum Gasteiger partial charge on any atom is 0.332 e. The highest BCUT2D eigenvalue weighted by atomic mass is 16.5. The van der Waals surface area contributed by atoms with E-state index in [4.69, 9.17) is 9.84 Å². The van der Waals surface area contributed by atoms with Crippen LogP contribution in [0.25, 0.3) is 0 Å². The van der Waals surface area contributed by atoms with E-state index in [0.717, 1.165) is 5.92 Å². The molecule has 0 aromatic rings. The van der Waals surface area contributed by atoms with Crippen molar-refractivity contribution in [3.63, 3.8) is 0 Å². The highest BCUT2D eigenvalue weighted by Crippen LogP contribution is 2.36. The first-order valence-corrected chi connectivity index (χ1v) is 6.24. The van der Waals surface area contributed by atoms with Gasteiger partial charge in [0, 0.05) is 6.54 Å². The van der Waals surface area contributed by atoms with Crippen LogP contribution in [0.1, 0.15) is 32.6 Å². The summed E-state index contributed by atoms with van der Waals surface area (Å²) in [6, 6.07) is 0. The molecular weight excluding hydrogens is 222 g/mol. The summed E-state index contributed by atoms with van der Waals surface area (Å²) in [6.07, 6.45) is 2.05. The molecule has 5 heteroatoms. The number of rotatable bonds is 5. The number of aliphatic carboxylic acids is 1. The van der Waals surface area contributed by atoms with Crippen LogP contribution in [0.3, 0.4) is 0 Å². The lowest BCUT2D eigenvalue weighted by Gasteiger charge is -2.15. The molecule has 5 nitrogen and oxygen atoms in total. The second-order valence-corrected chi connectivity index (χ2v) is 5.09. The Bertz CT molecular complexity index is 314. The summed E-state index contributed by atoms with van der Waals surface area (Å²) in [5, 5.41) is 11.6. The van der Waals surface area contributed by atoms with Gasteiger partial charge < -0.3 is 15.2 Å². The van der Waals surface area contributed by atoms with Gasteiger partial charge in [0.2, 0.25) is 5.91 Å². The summed E-state index contributed by atoms with van der Waals surface area (Å²) in [5.74, 6) is 0.120. The van der Waals surface area contributed by atoms with Crippen molar-refractivity contribution in [3.05, 3.63) is 0 Å². The normalized spacial score (nSPS) is 29.9. The molecular formula is C12H19NO4. The summed E-state index contributed by atoms with van der Waals surface area (Å²) in [4.78, 5) is 22.4. The highest BCUT2D eigenvalue weighted by Gasteiger charge is 2.35. The number of carbonyl (C=O) groups excluding carboxylic acids is 1. The van der Waals surface area contributed by atoms with Gasteiger partial charge in [0.15, 0.2) is 6.10 Å². The Labute approximate surface area is 101 Å². The number of amides is 1. The molecule has 2 fully saturated rings. The highest BCUT2D eigenvalue weighted by molar-refractivity contribution is 5.82. The standard InChI is InChI=1S/C12H19NO4/c1-7(8-2-3-8)6-13-11(14)9-4-5-10(17-9)12(15)16/h7-10H,2-6H2,1H3,(H,13,14)(H,15,16)/t7?,9-,10+/m0/s1. The monoisotopic (exact) mass is 241 g/mol. The fraction of sp³-hybridized carbons (Fsp3) is 0.833. The third-order valence-electron chi connectivity index (χ3n) is 3.61. The fourth-order valence-electron chi connectivity index (χ4n) is 2.22. The van der Waals surface area contributed by atoms with Gasteiger partial charge in [0.25, 0.3) is 0 Å². The Hall–Kier alpha value is -1.10. The average Bonchev–Trinajstić information content (AvgIpc) is 3.02. The first kappa shape index (κ1) is 12.4. The van der Waals surface area contributed by atoms with E-state index in [0.29, 0.717) is 25.3 Å². The Kier molecular flexibility index (Phi) is 3.66. The van der Waals surface area contributed by atoms with Gasteiger partial charge in [-0.25, -0.2) is 4.79 Å². The van der Waals surface area contributed by atoms with Crippen LogP contribution in [0.4, 0.5) is 0 Å². The van der Waals surface area contributed by atoms with Crippen molar-refractivity contribution >= 4 is 11.9 Å². The molecule has 1 aliphatic carbocycles. The Morgan fingerprint density at radius 2 is 1.94 bits per heavy atom. The molecule has 1 saturated carbocycles. The topological polar surface area (TPSA) is 75.6 Å². The molecule has 1 amide bonds. The lowest BCUT2D eigenvalue weighted by Crippen LogP contribution is -2.38. The van der Waals surface area contributed by atoms with Crippen LogP contribution in [0.5, 0.6) is 0 Å². The third-order valence-corrected chi connectivity index (χ3v) is 3.61. The van der Waals surface area contributed by atoms with Crippen molar-refractivity contribution in [2.24, 2.45) is 11.8 Å². The molecule has 0 bridgehead atoms. The average molecular weight is 241 g/mol. The van der Waals surface area contributed by atoms with Crippen LogP contribution in [0, 0.1) is 11.8 Å². The molecule has 17 heavy (non-hydrogen) atoms. The van der Waals surface area contributed by atoms with Crippen LogP contribution >= 0.6 is 0 Å². The van der Waals surface area contributed by atoms with Crippen LogP contribution in [0.2, 0.25) is 0 Å². The van der Waals surface area contributed by atoms with E-state index >= 15 is 0 Å². The van der Waals surface area contributed by atoms with Crippen molar-refractivity contribution in [1.82, 2.24) is 5.32 Å². The minimum atomic E-state index is -0.980. The number of carboxylic acid groups (broad SMARTS) is 1. The van der Waals surface area contributed by atoms with E-state index in [1.54, 1.807) is 0 Å². The Balaban J connectivity index is 1.71. The predicted octanol–water partition coefficient (Wildman–Crippen LogP) is 0.781. The largest absolute Gasteiger partial charge is 0.479 e. The van der Waals surface area contributed by atoms with E-state index in [1.165, 1.54) is 12.8 Å². The lowest BCUT2D eigenvalue weighted by atomic mass is 10.1. The van der Waals surface area contributed by atoms with E-state index < -0.39 is 18.2 Å². The molecule has 0 spiro atoms. The molecule has 0 aromatic heterocycles. The molecule has 0 radical (unpaired) electrons. The van der Waals surface area contributed by atoms with E-state index in [2.05, 4.69) is 12.2 Å². The molecule has 2 aliphatic rings. The molecule has 2 N–H and O–H groups in total. The maximum atomic E-state index is 11.7. The van der Waals surface area contributed by atoms with E-state index in [1.807, 2.05) is 0 Å². The van der Waals surface area contributed by atoms with Crippen molar-refractivity contribution in [2.45, 2.75) is 44.8 Å². The minimum absolute atomic E-state index is 0.166. The summed E-state index contributed by atoms with van der Waals surface area (Å²) in [6.45, 7) is 2.80. The first-order chi connectivity index (χ1) is 8.08. The number of ether oxygens (including phenoxy) is 1. The van der Waals surface area contributed by atoms with Crippen LogP contribution < -0.4 is 5.32 Å². The van der Waals surface area contributed by atoms with Gasteiger partial charge in [-0.2, -0.15) is 0 Å². The number of hydrogen-bond acceptors (Lipinski definition) is 3. The number of nitrogens with one attached hydrogen (secondary N) is 1. The fourth-order valence-corrected chi connectivity index (χ4v) is 2.22. The van der Waals surface area contributed by atoms with Crippen molar-refractivity contribution in [2.75, 3.05) is 6.54 Å². The first-order valence-electron chi connectivity index (χ1n) is 6.24. The minimum Gasteiger partial charge on any atom is -0.479 e. The van der Waals surface area contributed by atoms with Crippen LogP contribution in [-0.2, 0) is 14.3 Å². The van der Waals surface area contributed by atoms with Gasteiger partial charge in [-0.1, -0.05) is 6.92 Å². The molecule has 0 aromatic carbocycles. The summed E-state index contributed by atoms with van der Waals surface area (Å²) in [7, 11) is 0. The summed E-state index contributed by atoms with van der Waals surface area (Å²) < 4.78 is 5.18. The number of carbonyl (C=O) groups is 2. The van der Waals surface area contributed by atoms with Gasteiger partial charge in [-0.15, -0.1) is 0 Å². The molecule has 1 heterocycles.